The molecular formula is C19H16N2O3. The maximum Gasteiger partial charge on any atom is 0.308 e. The monoisotopic (exact) mass is 320 g/mol. The van der Waals surface area contributed by atoms with Gasteiger partial charge < -0.3 is 10.1 Å². The molecule has 0 bridgehead atoms. The van der Waals surface area contributed by atoms with E-state index in [2.05, 4.69) is 5.32 Å². The largest absolute Gasteiger partial charge is 0.427 e. The van der Waals surface area contributed by atoms with Gasteiger partial charge in [-0.25, -0.2) is 0 Å². The lowest BCUT2D eigenvalue weighted by Crippen LogP contribution is -2.23. The molecule has 0 aromatic heterocycles. The molecule has 24 heavy (non-hydrogen) atoms. The molecule has 0 spiro atoms. The lowest BCUT2D eigenvalue weighted by molar-refractivity contribution is -0.131. The molecule has 0 radical (unpaired) electrons. The second-order valence-electron chi connectivity index (χ2n) is 5.00. The number of esters is 1. The Balaban J connectivity index is 2.04. The minimum Gasteiger partial charge on any atom is -0.427 e. The second kappa shape index (κ2) is 8.30. The van der Waals surface area contributed by atoms with E-state index in [4.69, 9.17) is 4.74 Å². The van der Waals surface area contributed by atoms with Gasteiger partial charge in [0.05, 0.1) is 0 Å². The normalized spacial score (nSPS) is 10.6. The van der Waals surface area contributed by atoms with Gasteiger partial charge in [0.15, 0.2) is 0 Å². The van der Waals surface area contributed by atoms with Crippen LogP contribution in [0.4, 0.5) is 0 Å². The van der Waals surface area contributed by atoms with Gasteiger partial charge in [-0.3, -0.25) is 9.59 Å². The van der Waals surface area contributed by atoms with Crippen LogP contribution in [0.1, 0.15) is 18.1 Å². The third-order valence-corrected chi connectivity index (χ3v) is 3.11. The lowest BCUT2D eigenvalue weighted by Gasteiger charge is -2.05. The molecule has 5 heteroatoms. The van der Waals surface area contributed by atoms with Gasteiger partial charge in [-0.15, -0.1) is 0 Å². The number of hydrogen-bond acceptors (Lipinski definition) is 4. The molecule has 0 fully saturated rings. The standard InChI is InChI=1S/C19H16N2O3/c1-14(22)24-18-9-7-15(8-10-18)11-17(12-20)19(23)21-13-16-5-3-2-4-6-16/h2-11H,13H2,1H3,(H,21,23)/b17-11+. The molecular weight excluding hydrogens is 304 g/mol. The van der Waals surface area contributed by atoms with E-state index < -0.39 is 11.9 Å². The molecule has 0 saturated heterocycles. The fourth-order valence-electron chi connectivity index (χ4n) is 1.99. The van der Waals surface area contributed by atoms with Crippen LogP contribution in [-0.4, -0.2) is 11.9 Å². The number of nitriles is 1. The molecule has 1 amide bonds. The quantitative estimate of drug-likeness (QED) is 0.398. The Morgan fingerprint density at radius 2 is 1.79 bits per heavy atom. The molecule has 5 nitrogen and oxygen atoms in total. The van der Waals surface area contributed by atoms with Gasteiger partial charge >= 0.3 is 5.97 Å². The fourth-order valence-corrected chi connectivity index (χ4v) is 1.99. The highest BCUT2D eigenvalue weighted by atomic mass is 16.5. The van der Waals surface area contributed by atoms with E-state index in [1.54, 1.807) is 24.3 Å². The first-order valence-corrected chi connectivity index (χ1v) is 7.31. The van der Waals surface area contributed by atoms with Crippen molar-refractivity contribution >= 4 is 18.0 Å². The van der Waals surface area contributed by atoms with Crippen molar-refractivity contribution in [3.8, 4) is 11.8 Å². The topological polar surface area (TPSA) is 79.2 Å². The minimum atomic E-state index is -0.439. The third-order valence-electron chi connectivity index (χ3n) is 3.11. The summed E-state index contributed by atoms with van der Waals surface area (Å²) in [4.78, 5) is 23.0. The molecule has 120 valence electrons. The molecule has 2 rings (SSSR count). The number of ether oxygens (including phenoxy) is 1. The predicted molar refractivity (Wildman–Crippen MR) is 89.6 cm³/mol. The van der Waals surface area contributed by atoms with Crippen LogP contribution in [0.5, 0.6) is 5.75 Å². The Bertz CT molecular complexity index is 788. The Hall–Kier alpha value is -3.39. The Morgan fingerprint density at radius 1 is 1.12 bits per heavy atom. The highest BCUT2D eigenvalue weighted by Crippen LogP contribution is 2.15. The van der Waals surface area contributed by atoms with E-state index in [0.29, 0.717) is 17.9 Å². The predicted octanol–water partition coefficient (Wildman–Crippen LogP) is 2.84. The van der Waals surface area contributed by atoms with E-state index in [1.807, 2.05) is 36.4 Å². The lowest BCUT2D eigenvalue weighted by atomic mass is 10.1. The van der Waals surface area contributed by atoms with Crippen molar-refractivity contribution in [2.24, 2.45) is 0 Å². The van der Waals surface area contributed by atoms with Crippen LogP contribution in [0, 0.1) is 11.3 Å². The molecule has 0 unspecified atom stereocenters. The van der Waals surface area contributed by atoms with Crippen molar-refractivity contribution in [2.75, 3.05) is 0 Å². The van der Waals surface area contributed by atoms with Crippen LogP contribution in [0.3, 0.4) is 0 Å². The van der Waals surface area contributed by atoms with Crippen LogP contribution in [0.25, 0.3) is 6.08 Å². The highest BCUT2D eigenvalue weighted by Gasteiger charge is 2.08. The van der Waals surface area contributed by atoms with Crippen molar-refractivity contribution in [3.63, 3.8) is 0 Å². The Kier molecular flexibility index (Phi) is 5.87. The summed E-state index contributed by atoms with van der Waals surface area (Å²) in [5, 5.41) is 11.9. The third kappa shape index (κ3) is 5.11. The zero-order valence-corrected chi connectivity index (χ0v) is 13.2. The van der Waals surface area contributed by atoms with Gasteiger partial charge in [0.1, 0.15) is 17.4 Å². The Labute approximate surface area is 140 Å². The van der Waals surface area contributed by atoms with Crippen molar-refractivity contribution in [3.05, 3.63) is 71.3 Å². The summed E-state index contributed by atoms with van der Waals surface area (Å²) < 4.78 is 4.93. The number of carbonyl (C=O) groups is 2. The number of rotatable bonds is 5. The average molecular weight is 320 g/mol. The molecule has 0 aliphatic heterocycles. The highest BCUT2D eigenvalue weighted by molar-refractivity contribution is 6.01. The van der Waals surface area contributed by atoms with Gasteiger partial charge in [-0.2, -0.15) is 5.26 Å². The molecule has 0 aliphatic carbocycles. The fraction of sp³-hybridized carbons (Fsp3) is 0.105. The summed E-state index contributed by atoms with van der Waals surface area (Å²) in [5.74, 6) is -0.437. The first kappa shape index (κ1) is 17.0. The number of carbonyl (C=O) groups excluding carboxylic acids is 2. The second-order valence-corrected chi connectivity index (χ2v) is 5.00. The number of nitrogens with zero attached hydrogens (tertiary/aromatic N) is 1. The van der Waals surface area contributed by atoms with Crippen molar-refractivity contribution in [1.29, 1.82) is 5.26 Å². The number of hydrogen-bond donors (Lipinski definition) is 1. The van der Waals surface area contributed by atoms with Crippen LogP contribution in [0.15, 0.2) is 60.2 Å². The molecule has 1 N–H and O–H groups in total. The number of nitrogens with one attached hydrogen (secondary N) is 1. The van der Waals surface area contributed by atoms with E-state index >= 15 is 0 Å². The van der Waals surface area contributed by atoms with Crippen LogP contribution in [0.2, 0.25) is 0 Å². The average Bonchev–Trinajstić information content (AvgIpc) is 2.59. The summed E-state index contributed by atoms with van der Waals surface area (Å²) in [6.45, 7) is 1.67. The van der Waals surface area contributed by atoms with E-state index in [0.717, 1.165) is 5.56 Å². The molecule has 0 saturated carbocycles. The van der Waals surface area contributed by atoms with Gasteiger partial charge in [-0.1, -0.05) is 42.5 Å². The molecule has 0 atom stereocenters. The summed E-state index contributed by atoms with van der Waals surface area (Å²) in [5.41, 5.74) is 1.62. The zero-order valence-electron chi connectivity index (χ0n) is 13.2. The van der Waals surface area contributed by atoms with Crippen LogP contribution >= 0.6 is 0 Å². The number of benzene rings is 2. The van der Waals surface area contributed by atoms with Gasteiger partial charge in [0.25, 0.3) is 5.91 Å². The summed E-state index contributed by atoms with van der Waals surface area (Å²) in [6.07, 6.45) is 1.48. The van der Waals surface area contributed by atoms with Crippen LogP contribution in [-0.2, 0) is 16.1 Å². The van der Waals surface area contributed by atoms with Gasteiger partial charge in [-0.05, 0) is 29.3 Å². The van der Waals surface area contributed by atoms with Crippen molar-refractivity contribution < 1.29 is 14.3 Å². The van der Waals surface area contributed by atoms with E-state index in [-0.39, 0.29) is 5.57 Å². The maximum absolute atomic E-state index is 12.1. The molecule has 2 aromatic rings. The molecule has 0 heterocycles. The first-order valence-electron chi connectivity index (χ1n) is 7.31. The molecule has 2 aromatic carbocycles. The van der Waals surface area contributed by atoms with E-state index in [9.17, 15) is 14.9 Å². The van der Waals surface area contributed by atoms with Crippen LogP contribution < -0.4 is 10.1 Å². The summed E-state index contributed by atoms with van der Waals surface area (Å²) >= 11 is 0. The summed E-state index contributed by atoms with van der Waals surface area (Å²) in [7, 11) is 0. The van der Waals surface area contributed by atoms with E-state index in [1.165, 1.54) is 13.0 Å². The SMILES string of the molecule is CC(=O)Oc1ccc(/C=C(\C#N)C(=O)NCc2ccccc2)cc1. The Morgan fingerprint density at radius 3 is 2.38 bits per heavy atom. The van der Waals surface area contributed by atoms with Gasteiger partial charge in [0, 0.05) is 13.5 Å². The smallest absolute Gasteiger partial charge is 0.308 e. The first-order chi connectivity index (χ1) is 11.6. The summed E-state index contributed by atoms with van der Waals surface area (Å²) in [6, 6.07) is 17.9. The van der Waals surface area contributed by atoms with Gasteiger partial charge in [0.2, 0.25) is 0 Å². The van der Waals surface area contributed by atoms with Crippen molar-refractivity contribution in [1.82, 2.24) is 5.32 Å². The van der Waals surface area contributed by atoms with Crippen molar-refractivity contribution in [2.45, 2.75) is 13.5 Å². The zero-order chi connectivity index (χ0) is 17.4. The minimum absolute atomic E-state index is 0.00571. The maximum atomic E-state index is 12.1. The molecule has 0 aliphatic rings. The number of amides is 1.